The van der Waals surface area contributed by atoms with E-state index in [0.29, 0.717) is 18.9 Å². The topological polar surface area (TPSA) is 55.2 Å². The Hall–Kier alpha value is -1.16. The maximum atomic E-state index is 9.43. The van der Waals surface area contributed by atoms with Gasteiger partial charge in [0.2, 0.25) is 5.88 Å². The van der Waals surface area contributed by atoms with E-state index in [4.69, 9.17) is 4.74 Å². The van der Waals surface area contributed by atoms with Gasteiger partial charge in [0.15, 0.2) is 0 Å². The van der Waals surface area contributed by atoms with Crippen molar-refractivity contribution in [1.29, 1.82) is 0 Å². The van der Waals surface area contributed by atoms with Gasteiger partial charge in [-0.05, 0) is 13.3 Å². The summed E-state index contributed by atoms with van der Waals surface area (Å²) in [5.74, 6) is 0.570. The Bertz CT molecular complexity index is 279. The van der Waals surface area contributed by atoms with Crippen LogP contribution in [0.4, 0.5) is 0 Å². The second kappa shape index (κ2) is 5.54. The van der Waals surface area contributed by atoms with Crippen molar-refractivity contribution in [2.24, 2.45) is 0 Å². The maximum absolute atomic E-state index is 9.43. The summed E-state index contributed by atoms with van der Waals surface area (Å²) >= 11 is 0. The van der Waals surface area contributed by atoms with Crippen molar-refractivity contribution in [3.63, 3.8) is 0 Å². The van der Waals surface area contributed by atoms with Gasteiger partial charge in [-0.1, -0.05) is 6.92 Å². The van der Waals surface area contributed by atoms with Gasteiger partial charge in [-0.15, -0.1) is 0 Å². The van der Waals surface area contributed by atoms with Crippen molar-refractivity contribution >= 4 is 0 Å². The molecule has 1 aromatic rings. The molecule has 4 nitrogen and oxygen atoms in total. The van der Waals surface area contributed by atoms with Crippen LogP contribution in [0.2, 0.25) is 0 Å². The van der Waals surface area contributed by atoms with Gasteiger partial charge in [-0.3, -0.25) is 0 Å². The SMILES string of the molecule is CCOc1cc(CC(O)CC)ncn1. The van der Waals surface area contributed by atoms with Crippen LogP contribution in [0.25, 0.3) is 0 Å². The smallest absolute Gasteiger partial charge is 0.216 e. The molecule has 1 aromatic heterocycles. The fourth-order valence-electron chi connectivity index (χ4n) is 1.10. The number of ether oxygens (including phenoxy) is 1. The first-order chi connectivity index (χ1) is 6.76. The van der Waals surface area contributed by atoms with Gasteiger partial charge in [0.25, 0.3) is 0 Å². The molecule has 0 aromatic carbocycles. The molecule has 0 aliphatic heterocycles. The van der Waals surface area contributed by atoms with Crippen LogP contribution in [-0.4, -0.2) is 27.8 Å². The molecule has 0 spiro atoms. The molecule has 0 fully saturated rings. The summed E-state index contributed by atoms with van der Waals surface area (Å²) < 4.78 is 5.23. The third kappa shape index (κ3) is 3.30. The maximum Gasteiger partial charge on any atom is 0.216 e. The quantitative estimate of drug-likeness (QED) is 0.768. The molecule has 1 rings (SSSR count). The van der Waals surface area contributed by atoms with E-state index in [1.165, 1.54) is 6.33 Å². The number of aromatic nitrogens is 2. The molecule has 0 bridgehead atoms. The third-order valence-corrected chi connectivity index (χ3v) is 1.91. The van der Waals surface area contributed by atoms with Crippen LogP contribution in [-0.2, 0) is 6.42 Å². The first-order valence-electron chi connectivity index (χ1n) is 4.88. The van der Waals surface area contributed by atoms with E-state index in [0.717, 1.165) is 12.1 Å². The van der Waals surface area contributed by atoms with Crippen LogP contribution in [0.15, 0.2) is 12.4 Å². The number of hydrogen-bond acceptors (Lipinski definition) is 4. The molecule has 4 heteroatoms. The Morgan fingerprint density at radius 2 is 2.21 bits per heavy atom. The standard InChI is InChI=1S/C10H16N2O2/c1-3-9(13)5-8-6-10(14-4-2)12-7-11-8/h6-7,9,13H,3-5H2,1-2H3. The Morgan fingerprint density at radius 3 is 2.86 bits per heavy atom. The van der Waals surface area contributed by atoms with Crippen LogP contribution in [0.3, 0.4) is 0 Å². The molecule has 0 aliphatic carbocycles. The van der Waals surface area contributed by atoms with Gasteiger partial charge >= 0.3 is 0 Å². The molecule has 1 heterocycles. The van der Waals surface area contributed by atoms with Crippen molar-refractivity contribution in [1.82, 2.24) is 9.97 Å². The second-order valence-corrected chi connectivity index (χ2v) is 3.05. The average molecular weight is 196 g/mol. The van der Waals surface area contributed by atoms with Gasteiger partial charge in [-0.2, -0.15) is 0 Å². The fourth-order valence-corrected chi connectivity index (χ4v) is 1.10. The van der Waals surface area contributed by atoms with Crippen LogP contribution in [0, 0.1) is 0 Å². The van der Waals surface area contributed by atoms with Crippen LogP contribution < -0.4 is 4.74 Å². The lowest BCUT2D eigenvalue weighted by atomic mass is 10.1. The predicted molar refractivity (Wildman–Crippen MR) is 53.2 cm³/mol. The normalized spacial score (nSPS) is 12.5. The van der Waals surface area contributed by atoms with Crippen LogP contribution in [0.5, 0.6) is 5.88 Å². The summed E-state index contributed by atoms with van der Waals surface area (Å²) in [5.41, 5.74) is 0.817. The molecule has 0 saturated carbocycles. The lowest BCUT2D eigenvalue weighted by molar-refractivity contribution is 0.169. The van der Waals surface area contributed by atoms with E-state index in [2.05, 4.69) is 9.97 Å². The third-order valence-electron chi connectivity index (χ3n) is 1.91. The summed E-state index contributed by atoms with van der Waals surface area (Å²) in [5, 5.41) is 9.43. The highest BCUT2D eigenvalue weighted by molar-refractivity contribution is 5.14. The highest BCUT2D eigenvalue weighted by Crippen LogP contribution is 2.09. The number of hydrogen-bond donors (Lipinski definition) is 1. The van der Waals surface area contributed by atoms with Crippen molar-refractivity contribution < 1.29 is 9.84 Å². The minimum Gasteiger partial charge on any atom is -0.478 e. The van der Waals surface area contributed by atoms with Gasteiger partial charge < -0.3 is 9.84 Å². The zero-order valence-corrected chi connectivity index (χ0v) is 8.60. The minimum atomic E-state index is -0.334. The Balaban J connectivity index is 2.63. The zero-order chi connectivity index (χ0) is 10.4. The molecule has 0 saturated heterocycles. The lowest BCUT2D eigenvalue weighted by Crippen LogP contribution is -2.10. The molecule has 0 radical (unpaired) electrons. The summed E-state index contributed by atoms with van der Waals surface area (Å²) in [6, 6.07) is 1.77. The molecule has 0 amide bonds. The zero-order valence-electron chi connectivity index (χ0n) is 8.60. The summed E-state index contributed by atoms with van der Waals surface area (Å²) in [4.78, 5) is 8.01. The van der Waals surface area contributed by atoms with Gasteiger partial charge in [-0.25, -0.2) is 9.97 Å². The van der Waals surface area contributed by atoms with Crippen LogP contribution in [0.1, 0.15) is 26.0 Å². The first kappa shape index (κ1) is 10.9. The molecule has 1 unspecified atom stereocenters. The van der Waals surface area contributed by atoms with E-state index < -0.39 is 0 Å². The molecular weight excluding hydrogens is 180 g/mol. The monoisotopic (exact) mass is 196 g/mol. The van der Waals surface area contributed by atoms with E-state index >= 15 is 0 Å². The molecule has 1 atom stereocenters. The second-order valence-electron chi connectivity index (χ2n) is 3.05. The number of nitrogens with zero attached hydrogens (tertiary/aromatic N) is 2. The molecule has 0 aliphatic rings. The van der Waals surface area contributed by atoms with Crippen molar-refractivity contribution in [2.75, 3.05) is 6.61 Å². The Morgan fingerprint density at radius 1 is 1.43 bits per heavy atom. The summed E-state index contributed by atoms with van der Waals surface area (Å²) in [6.07, 6.45) is 2.41. The molecule has 1 N–H and O–H groups in total. The number of aliphatic hydroxyl groups is 1. The average Bonchev–Trinajstić information content (AvgIpc) is 2.19. The minimum absolute atomic E-state index is 0.334. The van der Waals surface area contributed by atoms with E-state index in [1.807, 2.05) is 13.8 Å². The first-order valence-corrected chi connectivity index (χ1v) is 4.88. The fraction of sp³-hybridized carbons (Fsp3) is 0.600. The van der Waals surface area contributed by atoms with Gasteiger partial charge in [0.1, 0.15) is 6.33 Å². The van der Waals surface area contributed by atoms with E-state index in [9.17, 15) is 5.11 Å². The summed E-state index contributed by atoms with van der Waals surface area (Å²) in [6.45, 7) is 4.44. The molecule has 14 heavy (non-hydrogen) atoms. The number of aliphatic hydroxyl groups excluding tert-OH is 1. The van der Waals surface area contributed by atoms with Gasteiger partial charge in [0, 0.05) is 12.5 Å². The molecular formula is C10H16N2O2. The van der Waals surface area contributed by atoms with E-state index in [-0.39, 0.29) is 6.10 Å². The Labute approximate surface area is 84.0 Å². The summed E-state index contributed by atoms with van der Waals surface area (Å²) in [7, 11) is 0. The highest BCUT2D eigenvalue weighted by Gasteiger charge is 2.05. The Kier molecular flexibility index (Phi) is 4.32. The predicted octanol–water partition coefficient (Wildman–Crippen LogP) is 1.19. The lowest BCUT2D eigenvalue weighted by Gasteiger charge is -2.07. The van der Waals surface area contributed by atoms with Crippen LogP contribution >= 0.6 is 0 Å². The van der Waals surface area contributed by atoms with Crippen molar-refractivity contribution in [3.8, 4) is 5.88 Å². The van der Waals surface area contributed by atoms with Gasteiger partial charge in [0.05, 0.1) is 18.4 Å². The largest absolute Gasteiger partial charge is 0.478 e. The molecule has 78 valence electrons. The van der Waals surface area contributed by atoms with E-state index in [1.54, 1.807) is 6.07 Å². The van der Waals surface area contributed by atoms with Crippen molar-refractivity contribution in [3.05, 3.63) is 18.1 Å². The highest BCUT2D eigenvalue weighted by atomic mass is 16.5. The number of rotatable bonds is 5. The van der Waals surface area contributed by atoms with Crippen molar-refractivity contribution in [2.45, 2.75) is 32.8 Å².